The van der Waals surface area contributed by atoms with Crippen molar-refractivity contribution in [2.45, 2.75) is 19.1 Å². The van der Waals surface area contributed by atoms with Gasteiger partial charge < -0.3 is 0 Å². The van der Waals surface area contributed by atoms with Crippen LogP contribution < -0.4 is 9.96 Å². The molecule has 3 aromatic carbocycles. The van der Waals surface area contributed by atoms with E-state index in [1.165, 1.54) is 17.0 Å². The van der Waals surface area contributed by atoms with Gasteiger partial charge in [0.1, 0.15) is 5.92 Å². The first-order valence-electron chi connectivity index (χ1n) is 10.2. The minimum atomic E-state index is -0.983. The molecule has 160 valence electrons. The lowest BCUT2D eigenvalue weighted by molar-refractivity contribution is -0.384. The van der Waals surface area contributed by atoms with Gasteiger partial charge in [-0.2, -0.15) is 0 Å². The number of amides is 2. The third kappa shape index (κ3) is 3.12. The Kier molecular flexibility index (Phi) is 4.71. The number of imide groups is 1. The molecule has 32 heavy (non-hydrogen) atoms. The van der Waals surface area contributed by atoms with Crippen LogP contribution in [-0.4, -0.2) is 22.8 Å². The second-order valence-electron chi connectivity index (χ2n) is 7.86. The van der Waals surface area contributed by atoms with Crippen molar-refractivity contribution in [1.82, 2.24) is 0 Å². The maximum atomic E-state index is 13.5. The Balaban J connectivity index is 1.58. The van der Waals surface area contributed by atoms with Gasteiger partial charge in [0.2, 0.25) is 5.91 Å². The van der Waals surface area contributed by atoms with Gasteiger partial charge in [-0.15, -0.1) is 0 Å². The third-order valence-corrected chi connectivity index (χ3v) is 5.83. The van der Waals surface area contributed by atoms with Crippen molar-refractivity contribution < 1.29 is 19.3 Å². The van der Waals surface area contributed by atoms with Gasteiger partial charge in [0, 0.05) is 12.1 Å². The van der Waals surface area contributed by atoms with Crippen LogP contribution in [0.15, 0.2) is 78.9 Å². The predicted octanol–water partition coefficient (Wildman–Crippen LogP) is 3.95. The molecule has 5 rings (SSSR count). The number of nitro groups is 1. The third-order valence-electron chi connectivity index (χ3n) is 5.83. The number of hydrogen-bond donors (Lipinski definition) is 0. The number of non-ortho nitro benzene ring substituents is 1. The Hall–Kier alpha value is -4.04. The summed E-state index contributed by atoms with van der Waals surface area (Å²) in [5.41, 5.74) is 2.73. The molecule has 0 bridgehead atoms. The van der Waals surface area contributed by atoms with E-state index in [0.29, 0.717) is 16.9 Å². The van der Waals surface area contributed by atoms with Gasteiger partial charge in [0.15, 0.2) is 6.10 Å². The molecule has 0 saturated carbocycles. The Morgan fingerprint density at radius 2 is 1.56 bits per heavy atom. The van der Waals surface area contributed by atoms with E-state index in [4.69, 9.17) is 4.84 Å². The van der Waals surface area contributed by atoms with Crippen molar-refractivity contribution in [3.8, 4) is 0 Å². The second-order valence-corrected chi connectivity index (χ2v) is 7.86. The van der Waals surface area contributed by atoms with Crippen LogP contribution in [0.2, 0.25) is 0 Å². The number of fused-ring (bicyclic) bond motifs is 1. The van der Waals surface area contributed by atoms with Gasteiger partial charge in [0.05, 0.1) is 22.3 Å². The maximum absolute atomic E-state index is 13.5. The van der Waals surface area contributed by atoms with Gasteiger partial charge in [-0.1, -0.05) is 42.5 Å². The fourth-order valence-electron chi connectivity index (χ4n) is 4.37. The molecule has 2 fully saturated rings. The molecule has 2 aliphatic heterocycles. The van der Waals surface area contributed by atoms with Crippen LogP contribution in [0.3, 0.4) is 0 Å². The molecule has 2 amide bonds. The Labute approximate surface area is 183 Å². The van der Waals surface area contributed by atoms with Crippen molar-refractivity contribution in [3.05, 3.63) is 100 Å². The Morgan fingerprint density at radius 1 is 0.875 bits per heavy atom. The number of para-hydroxylation sites is 1. The minimum Gasteiger partial charge on any atom is -0.273 e. The molecule has 8 nitrogen and oxygen atoms in total. The van der Waals surface area contributed by atoms with E-state index in [-0.39, 0.29) is 11.6 Å². The van der Waals surface area contributed by atoms with Gasteiger partial charge in [-0.3, -0.25) is 24.5 Å². The number of hydrogen-bond acceptors (Lipinski definition) is 6. The molecule has 8 heteroatoms. The topological polar surface area (TPSA) is 93.0 Å². The van der Waals surface area contributed by atoms with E-state index < -0.39 is 28.9 Å². The highest BCUT2D eigenvalue weighted by molar-refractivity contribution is 6.23. The predicted molar refractivity (Wildman–Crippen MR) is 117 cm³/mol. The van der Waals surface area contributed by atoms with Crippen molar-refractivity contribution in [2.75, 3.05) is 9.96 Å². The smallest absolute Gasteiger partial charge is 0.269 e. The summed E-state index contributed by atoms with van der Waals surface area (Å²) in [6.07, 6.45) is -0.983. The summed E-state index contributed by atoms with van der Waals surface area (Å²) in [5.74, 6) is -1.56. The largest absolute Gasteiger partial charge is 0.273 e. The highest BCUT2D eigenvalue weighted by Gasteiger charge is 2.60. The standard InChI is InChI=1S/C24H19N3O5/c1-15-6-5-9-19(14-15)25-23(28)20-21(16-10-12-18(13-11-16)27(30)31)26(32-22(20)24(25)29)17-7-3-2-4-8-17/h2-14,20-22H,1H3/t20-,21+,22+/m1/s1. The fraction of sp³-hybridized carbons (Fsp3) is 0.167. The molecule has 3 aromatic rings. The van der Waals surface area contributed by atoms with Crippen molar-refractivity contribution in [3.63, 3.8) is 0 Å². The number of anilines is 2. The minimum absolute atomic E-state index is 0.0503. The highest BCUT2D eigenvalue weighted by Crippen LogP contribution is 2.47. The van der Waals surface area contributed by atoms with Crippen LogP contribution in [0.4, 0.5) is 17.1 Å². The SMILES string of the molecule is Cc1cccc(N2C(=O)[C@H]3[C@H](ON(c4ccccc4)[C@H]3c3ccc([N+](=O)[O-])cc3)C2=O)c1. The van der Waals surface area contributed by atoms with Crippen molar-refractivity contribution >= 4 is 28.9 Å². The Bertz CT molecular complexity index is 1210. The molecular weight excluding hydrogens is 410 g/mol. The van der Waals surface area contributed by atoms with Crippen molar-refractivity contribution in [2.24, 2.45) is 5.92 Å². The lowest BCUT2D eigenvalue weighted by Crippen LogP contribution is -2.37. The summed E-state index contributed by atoms with van der Waals surface area (Å²) in [6, 6.07) is 21.8. The van der Waals surface area contributed by atoms with Crippen LogP contribution in [-0.2, 0) is 14.4 Å². The number of aryl methyl sites for hydroxylation is 1. The maximum Gasteiger partial charge on any atom is 0.269 e. The molecule has 0 spiro atoms. The van der Waals surface area contributed by atoms with Gasteiger partial charge >= 0.3 is 0 Å². The van der Waals surface area contributed by atoms with Crippen LogP contribution in [0.1, 0.15) is 17.2 Å². The van der Waals surface area contributed by atoms with Gasteiger partial charge in [-0.25, -0.2) is 9.96 Å². The summed E-state index contributed by atoms with van der Waals surface area (Å²) in [4.78, 5) is 44.7. The van der Waals surface area contributed by atoms with E-state index in [2.05, 4.69) is 0 Å². The molecule has 0 aliphatic carbocycles. The Morgan fingerprint density at radius 3 is 2.22 bits per heavy atom. The number of hydroxylamine groups is 1. The molecule has 2 saturated heterocycles. The lowest BCUT2D eigenvalue weighted by Gasteiger charge is -2.28. The normalized spacial score (nSPS) is 22.3. The first kappa shape index (κ1) is 19.9. The van der Waals surface area contributed by atoms with Gasteiger partial charge in [0.25, 0.3) is 11.6 Å². The van der Waals surface area contributed by atoms with Crippen LogP contribution >= 0.6 is 0 Å². The van der Waals surface area contributed by atoms with E-state index >= 15 is 0 Å². The molecule has 0 unspecified atom stereocenters. The molecule has 2 aliphatic rings. The molecule has 0 radical (unpaired) electrons. The zero-order chi connectivity index (χ0) is 22.4. The average Bonchev–Trinajstić information content (AvgIpc) is 3.30. The fourth-order valence-corrected chi connectivity index (χ4v) is 4.37. The van der Waals surface area contributed by atoms with Crippen LogP contribution in [0.25, 0.3) is 0 Å². The summed E-state index contributed by atoms with van der Waals surface area (Å²) in [6.45, 7) is 1.89. The monoisotopic (exact) mass is 429 g/mol. The summed E-state index contributed by atoms with van der Waals surface area (Å²) in [5, 5.41) is 12.7. The number of benzene rings is 3. The number of carbonyl (C=O) groups excluding carboxylic acids is 2. The van der Waals surface area contributed by atoms with Crippen LogP contribution in [0, 0.1) is 23.0 Å². The first-order chi connectivity index (χ1) is 15.5. The van der Waals surface area contributed by atoms with E-state index in [1.807, 2.05) is 43.3 Å². The van der Waals surface area contributed by atoms with Crippen LogP contribution in [0.5, 0.6) is 0 Å². The summed E-state index contributed by atoms with van der Waals surface area (Å²) in [7, 11) is 0. The van der Waals surface area contributed by atoms with Crippen molar-refractivity contribution in [1.29, 1.82) is 0 Å². The highest BCUT2D eigenvalue weighted by atomic mass is 16.7. The molecule has 3 atom stereocenters. The molecule has 2 heterocycles. The number of rotatable bonds is 4. The van der Waals surface area contributed by atoms with Gasteiger partial charge in [-0.05, 0) is 42.3 Å². The van der Waals surface area contributed by atoms with E-state index in [0.717, 1.165) is 5.56 Å². The van der Waals surface area contributed by atoms with E-state index in [1.54, 1.807) is 35.4 Å². The quantitative estimate of drug-likeness (QED) is 0.354. The lowest BCUT2D eigenvalue weighted by atomic mass is 9.90. The number of nitrogens with zero attached hydrogens (tertiary/aromatic N) is 3. The summed E-state index contributed by atoms with van der Waals surface area (Å²) < 4.78 is 0. The molecule has 0 aromatic heterocycles. The number of nitro benzene ring substituents is 1. The first-order valence-corrected chi connectivity index (χ1v) is 10.2. The molecule has 0 N–H and O–H groups in total. The second kappa shape index (κ2) is 7.58. The zero-order valence-corrected chi connectivity index (χ0v) is 17.1. The molecular formula is C24H19N3O5. The van der Waals surface area contributed by atoms with E-state index in [9.17, 15) is 19.7 Å². The average molecular weight is 429 g/mol. The zero-order valence-electron chi connectivity index (χ0n) is 17.1. The number of carbonyl (C=O) groups is 2. The summed E-state index contributed by atoms with van der Waals surface area (Å²) >= 11 is 0.